The average molecular weight is 298 g/mol. The third kappa shape index (κ3) is 11.7. The SMILES string of the molecule is CCCCCCCCC(C)CCCCC(=O)OCC1CO1. The summed E-state index contributed by atoms with van der Waals surface area (Å²) in [5.41, 5.74) is 0. The van der Waals surface area contributed by atoms with E-state index in [2.05, 4.69) is 13.8 Å². The number of epoxide rings is 1. The lowest BCUT2D eigenvalue weighted by Crippen LogP contribution is -2.09. The molecule has 1 heterocycles. The molecule has 2 atom stereocenters. The summed E-state index contributed by atoms with van der Waals surface area (Å²) in [5.74, 6) is 0.737. The van der Waals surface area contributed by atoms with Crippen molar-refractivity contribution in [2.24, 2.45) is 5.92 Å². The maximum absolute atomic E-state index is 11.4. The van der Waals surface area contributed by atoms with E-state index in [1.807, 2.05) is 0 Å². The van der Waals surface area contributed by atoms with E-state index in [1.165, 1.54) is 51.4 Å². The highest BCUT2D eigenvalue weighted by Crippen LogP contribution is 2.18. The summed E-state index contributed by atoms with van der Waals surface area (Å²) in [6, 6.07) is 0. The van der Waals surface area contributed by atoms with Crippen molar-refractivity contribution in [1.29, 1.82) is 0 Å². The quantitative estimate of drug-likeness (QED) is 0.261. The average Bonchev–Trinajstić information content (AvgIpc) is 3.29. The zero-order valence-electron chi connectivity index (χ0n) is 14.1. The lowest BCUT2D eigenvalue weighted by molar-refractivity contribution is -0.144. The van der Waals surface area contributed by atoms with Crippen LogP contribution in [0.3, 0.4) is 0 Å². The number of unbranched alkanes of at least 4 members (excludes halogenated alkanes) is 6. The molecule has 3 nitrogen and oxygen atoms in total. The molecule has 1 saturated heterocycles. The molecule has 21 heavy (non-hydrogen) atoms. The monoisotopic (exact) mass is 298 g/mol. The van der Waals surface area contributed by atoms with Gasteiger partial charge in [-0.15, -0.1) is 0 Å². The van der Waals surface area contributed by atoms with Gasteiger partial charge in [-0.2, -0.15) is 0 Å². The minimum Gasteiger partial charge on any atom is -0.463 e. The molecule has 0 radical (unpaired) electrons. The first-order chi connectivity index (χ1) is 10.2. The van der Waals surface area contributed by atoms with Crippen LogP contribution in [0.4, 0.5) is 0 Å². The first-order valence-corrected chi connectivity index (χ1v) is 8.99. The summed E-state index contributed by atoms with van der Waals surface area (Å²) in [7, 11) is 0. The maximum atomic E-state index is 11.4. The largest absolute Gasteiger partial charge is 0.463 e. The highest BCUT2D eigenvalue weighted by atomic mass is 16.6. The molecule has 0 amide bonds. The minimum atomic E-state index is -0.0610. The van der Waals surface area contributed by atoms with Crippen molar-refractivity contribution in [1.82, 2.24) is 0 Å². The second-order valence-corrected chi connectivity index (χ2v) is 6.55. The van der Waals surface area contributed by atoms with E-state index in [0.717, 1.165) is 25.4 Å². The van der Waals surface area contributed by atoms with E-state index >= 15 is 0 Å². The Morgan fingerprint density at radius 2 is 1.71 bits per heavy atom. The predicted octanol–water partition coefficient (Wildman–Crippen LogP) is 4.88. The van der Waals surface area contributed by atoms with Gasteiger partial charge in [-0.05, 0) is 12.3 Å². The summed E-state index contributed by atoms with van der Waals surface area (Å²) in [6.07, 6.45) is 13.7. The highest BCUT2D eigenvalue weighted by molar-refractivity contribution is 5.69. The van der Waals surface area contributed by atoms with Gasteiger partial charge in [0.05, 0.1) is 6.61 Å². The molecule has 1 aliphatic rings. The van der Waals surface area contributed by atoms with Gasteiger partial charge < -0.3 is 9.47 Å². The molecule has 3 heteroatoms. The second kappa shape index (κ2) is 12.0. The third-order valence-electron chi connectivity index (χ3n) is 4.21. The Morgan fingerprint density at radius 1 is 1.10 bits per heavy atom. The molecular weight excluding hydrogens is 264 g/mol. The van der Waals surface area contributed by atoms with Gasteiger partial charge in [-0.25, -0.2) is 0 Å². The molecule has 0 spiro atoms. The summed E-state index contributed by atoms with van der Waals surface area (Å²) < 4.78 is 10.1. The molecule has 0 aromatic carbocycles. The van der Waals surface area contributed by atoms with Crippen molar-refractivity contribution in [3.63, 3.8) is 0 Å². The summed E-state index contributed by atoms with van der Waals surface area (Å²) in [5, 5.41) is 0. The van der Waals surface area contributed by atoms with Crippen LogP contribution in [-0.2, 0) is 14.3 Å². The Bertz CT molecular complexity index is 261. The zero-order valence-corrected chi connectivity index (χ0v) is 14.1. The first-order valence-electron chi connectivity index (χ1n) is 8.99. The van der Waals surface area contributed by atoms with Crippen LogP contribution in [0.2, 0.25) is 0 Å². The van der Waals surface area contributed by atoms with Crippen molar-refractivity contribution >= 4 is 5.97 Å². The molecule has 0 saturated carbocycles. The smallest absolute Gasteiger partial charge is 0.305 e. The molecule has 1 fully saturated rings. The number of carbonyl (C=O) groups is 1. The van der Waals surface area contributed by atoms with Gasteiger partial charge in [-0.1, -0.05) is 71.6 Å². The number of carbonyl (C=O) groups excluding carboxylic acids is 1. The number of rotatable bonds is 14. The Kier molecular flexibility index (Phi) is 10.6. The van der Waals surface area contributed by atoms with Crippen molar-refractivity contribution in [3.05, 3.63) is 0 Å². The molecule has 0 N–H and O–H groups in total. The van der Waals surface area contributed by atoms with E-state index < -0.39 is 0 Å². The van der Waals surface area contributed by atoms with Crippen LogP contribution in [0.1, 0.15) is 84.5 Å². The molecular formula is C18H34O3. The van der Waals surface area contributed by atoms with Crippen LogP contribution >= 0.6 is 0 Å². The Labute approximate surface area is 130 Å². The van der Waals surface area contributed by atoms with Crippen molar-refractivity contribution < 1.29 is 14.3 Å². The van der Waals surface area contributed by atoms with Gasteiger partial charge in [0.1, 0.15) is 12.7 Å². The normalized spacial score (nSPS) is 18.5. The summed E-state index contributed by atoms with van der Waals surface area (Å²) in [4.78, 5) is 11.4. The minimum absolute atomic E-state index is 0.0610. The van der Waals surface area contributed by atoms with Crippen LogP contribution in [-0.4, -0.2) is 25.3 Å². The van der Waals surface area contributed by atoms with E-state index in [9.17, 15) is 4.79 Å². The van der Waals surface area contributed by atoms with Crippen LogP contribution in [0.25, 0.3) is 0 Å². The highest BCUT2D eigenvalue weighted by Gasteiger charge is 2.23. The lowest BCUT2D eigenvalue weighted by atomic mass is 9.96. The van der Waals surface area contributed by atoms with Gasteiger partial charge in [0.25, 0.3) is 0 Å². The third-order valence-corrected chi connectivity index (χ3v) is 4.21. The number of hydrogen-bond donors (Lipinski definition) is 0. The topological polar surface area (TPSA) is 38.8 Å². The molecule has 1 rings (SSSR count). The number of ether oxygens (including phenoxy) is 2. The van der Waals surface area contributed by atoms with Crippen molar-refractivity contribution in [3.8, 4) is 0 Å². The van der Waals surface area contributed by atoms with Crippen molar-refractivity contribution in [2.75, 3.05) is 13.2 Å². The van der Waals surface area contributed by atoms with E-state index in [-0.39, 0.29) is 12.1 Å². The molecule has 0 aliphatic carbocycles. The Morgan fingerprint density at radius 3 is 2.38 bits per heavy atom. The van der Waals surface area contributed by atoms with Crippen LogP contribution < -0.4 is 0 Å². The fourth-order valence-corrected chi connectivity index (χ4v) is 2.60. The van der Waals surface area contributed by atoms with Gasteiger partial charge in [0.2, 0.25) is 0 Å². The van der Waals surface area contributed by atoms with E-state index in [4.69, 9.17) is 9.47 Å². The van der Waals surface area contributed by atoms with Crippen LogP contribution in [0.15, 0.2) is 0 Å². The summed E-state index contributed by atoms with van der Waals surface area (Å²) >= 11 is 0. The molecule has 0 aromatic rings. The zero-order chi connectivity index (χ0) is 15.3. The van der Waals surface area contributed by atoms with Gasteiger partial charge in [0.15, 0.2) is 0 Å². The van der Waals surface area contributed by atoms with Gasteiger partial charge in [-0.3, -0.25) is 4.79 Å². The van der Waals surface area contributed by atoms with E-state index in [1.54, 1.807) is 0 Å². The Hall–Kier alpha value is -0.570. The molecule has 0 bridgehead atoms. The lowest BCUT2D eigenvalue weighted by Gasteiger charge is -2.11. The van der Waals surface area contributed by atoms with E-state index in [0.29, 0.717) is 13.0 Å². The summed E-state index contributed by atoms with van der Waals surface area (Å²) in [6.45, 7) is 5.81. The molecule has 124 valence electrons. The first kappa shape index (κ1) is 18.5. The molecule has 1 aliphatic heterocycles. The second-order valence-electron chi connectivity index (χ2n) is 6.55. The Balaban J connectivity index is 1.81. The number of hydrogen-bond acceptors (Lipinski definition) is 3. The predicted molar refractivity (Wildman–Crippen MR) is 86.3 cm³/mol. The van der Waals surface area contributed by atoms with Crippen molar-refractivity contribution in [2.45, 2.75) is 90.6 Å². The van der Waals surface area contributed by atoms with Crippen LogP contribution in [0.5, 0.6) is 0 Å². The standard InChI is InChI=1S/C18H34O3/c1-3-4-5-6-7-8-11-16(2)12-9-10-13-18(19)21-15-17-14-20-17/h16-17H,3-15H2,1-2H3. The van der Waals surface area contributed by atoms with Crippen LogP contribution in [0, 0.1) is 5.92 Å². The van der Waals surface area contributed by atoms with Gasteiger partial charge >= 0.3 is 5.97 Å². The number of esters is 1. The fraction of sp³-hybridized carbons (Fsp3) is 0.944. The maximum Gasteiger partial charge on any atom is 0.305 e. The molecule has 2 unspecified atom stereocenters. The molecule has 0 aromatic heterocycles. The van der Waals surface area contributed by atoms with Gasteiger partial charge in [0, 0.05) is 6.42 Å². The fourth-order valence-electron chi connectivity index (χ4n) is 2.60.